The lowest BCUT2D eigenvalue weighted by molar-refractivity contribution is -0.137. The van der Waals surface area contributed by atoms with Crippen molar-refractivity contribution < 1.29 is 13.2 Å². The van der Waals surface area contributed by atoms with E-state index in [2.05, 4.69) is 30.2 Å². The van der Waals surface area contributed by atoms with E-state index in [1.807, 2.05) is 0 Å². The molecular weight excluding hydrogens is 455 g/mol. The maximum atomic E-state index is 13.6. The first-order valence-electron chi connectivity index (χ1n) is 10.2. The number of nitrogens with one attached hydrogen (secondary N) is 1. The third-order valence-corrected chi connectivity index (χ3v) is 5.64. The predicted octanol–water partition coefficient (Wildman–Crippen LogP) is 5.50. The van der Waals surface area contributed by atoms with Crippen LogP contribution in [0, 0.1) is 0 Å². The van der Waals surface area contributed by atoms with Crippen LogP contribution in [0.2, 0.25) is 5.02 Å². The third kappa shape index (κ3) is 4.25. The van der Waals surface area contributed by atoms with E-state index in [1.165, 1.54) is 18.6 Å². The number of nitrogens with zero attached hydrogens (tertiary/aromatic N) is 6. The number of rotatable bonds is 4. The number of anilines is 3. The molecule has 7 nitrogen and oxygen atoms in total. The Bertz CT molecular complexity index is 1320. The summed E-state index contributed by atoms with van der Waals surface area (Å²) in [7, 11) is 0. The second kappa shape index (κ2) is 8.43. The fourth-order valence-corrected chi connectivity index (χ4v) is 4.02. The van der Waals surface area contributed by atoms with E-state index in [1.54, 1.807) is 29.3 Å². The van der Waals surface area contributed by atoms with Gasteiger partial charge in [-0.25, -0.2) is 24.9 Å². The van der Waals surface area contributed by atoms with Crippen LogP contribution in [-0.4, -0.2) is 38.0 Å². The molecule has 0 spiro atoms. The SMILES string of the molecule is FC(F)(F)c1ccc(Nc2ccnc3nc(-c4ncncc4Cl)ccc23)nc1N1CCCC1. The van der Waals surface area contributed by atoms with E-state index >= 15 is 0 Å². The Morgan fingerprint density at radius 1 is 0.970 bits per heavy atom. The van der Waals surface area contributed by atoms with Crippen molar-refractivity contribution in [2.75, 3.05) is 23.3 Å². The zero-order valence-electron chi connectivity index (χ0n) is 17.1. The highest BCUT2D eigenvalue weighted by molar-refractivity contribution is 6.32. The van der Waals surface area contributed by atoms with E-state index < -0.39 is 11.7 Å². The van der Waals surface area contributed by atoms with Crippen LogP contribution in [0.3, 0.4) is 0 Å². The molecular formula is C22H17ClF3N7. The zero-order chi connectivity index (χ0) is 23.0. The van der Waals surface area contributed by atoms with Crippen LogP contribution in [0.5, 0.6) is 0 Å². The highest BCUT2D eigenvalue weighted by Gasteiger charge is 2.36. The molecule has 4 aromatic rings. The smallest absolute Gasteiger partial charge is 0.356 e. The maximum absolute atomic E-state index is 13.6. The first-order chi connectivity index (χ1) is 15.9. The average Bonchev–Trinajstić information content (AvgIpc) is 3.33. The minimum Gasteiger partial charge on any atom is -0.356 e. The Labute approximate surface area is 191 Å². The number of hydrogen-bond donors (Lipinski definition) is 1. The van der Waals surface area contributed by atoms with Crippen LogP contribution >= 0.6 is 11.6 Å². The van der Waals surface area contributed by atoms with Crippen molar-refractivity contribution in [3.05, 3.63) is 59.6 Å². The van der Waals surface area contributed by atoms with Crippen molar-refractivity contribution in [3.63, 3.8) is 0 Å². The minimum atomic E-state index is -4.48. The Kier molecular flexibility index (Phi) is 5.45. The molecule has 1 fully saturated rings. The van der Waals surface area contributed by atoms with Gasteiger partial charge in [0.15, 0.2) is 5.65 Å². The summed E-state index contributed by atoms with van der Waals surface area (Å²) in [6, 6.07) is 7.67. The Morgan fingerprint density at radius 3 is 2.55 bits per heavy atom. The summed E-state index contributed by atoms with van der Waals surface area (Å²) in [5, 5.41) is 4.16. The molecule has 0 atom stereocenters. The molecule has 0 radical (unpaired) electrons. The molecule has 0 aromatic carbocycles. The minimum absolute atomic E-state index is 0.0535. The van der Waals surface area contributed by atoms with Gasteiger partial charge in [-0.1, -0.05) is 11.6 Å². The van der Waals surface area contributed by atoms with E-state index in [4.69, 9.17) is 11.6 Å². The Hall–Kier alpha value is -3.53. The number of halogens is 4. The van der Waals surface area contributed by atoms with Crippen molar-refractivity contribution in [3.8, 4) is 11.4 Å². The molecule has 11 heteroatoms. The quantitative estimate of drug-likeness (QED) is 0.421. The van der Waals surface area contributed by atoms with E-state index in [9.17, 15) is 13.2 Å². The van der Waals surface area contributed by atoms with Crippen LogP contribution in [0.4, 0.5) is 30.5 Å². The van der Waals surface area contributed by atoms with Crippen LogP contribution in [-0.2, 0) is 6.18 Å². The van der Waals surface area contributed by atoms with Gasteiger partial charge in [-0.05, 0) is 43.2 Å². The normalized spacial score (nSPS) is 14.1. The summed E-state index contributed by atoms with van der Waals surface area (Å²) < 4.78 is 40.7. The molecule has 33 heavy (non-hydrogen) atoms. The molecule has 0 amide bonds. The largest absolute Gasteiger partial charge is 0.419 e. The molecule has 0 saturated carbocycles. The second-order valence-corrected chi connectivity index (χ2v) is 7.94. The summed E-state index contributed by atoms with van der Waals surface area (Å²) in [6.45, 7) is 1.10. The highest BCUT2D eigenvalue weighted by Crippen LogP contribution is 2.38. The Morgan fingerprint density at radius 2 is 1.79 bits per heavy atom. The first kappa shape index (κ1) is 21.3. The predicted molar refractivity (Wildman–Crippen MR) is 120 cm³/mol. The topological polar surface area (TPSA) is 79.7 Å². The molecule has 5 heterocycles. The standard InChI is InChI=1S/C22H17ClF3N7/c23-15-11-27-12-29-19(15)17-5-3-13-16(7-8-28-20(13)31-17)30-18-6-4-14(22(24,25)26)21(32-18)33-9-1-2-10-33/h3-8,11-12H,1-2,9-10H2,(H,28,30,31,32). The molecule has 5 rings (SSSR count). The number of pyridine rings is 3. The van der Waals surface area contributed by atoms with Gasteiger partial charge in [0.05, 0.1) is 22.0 Å². The maximum Gasteiger partial charge on any atom is 0.419 e. The van der Waals surface area contributed by atoms with Gasteiger partial charge in [0.25, 0.3) is 0 Å². The van der Waals surface area contributed by atoms with Crippen molar-refractivity contribution in [2.45, 2.75) is 19.0 Å². The van der Waals surface area contributed by atoms with Gasteiger partial charge in [0.2, 0.25) is 0 Å². The van der Waals surface area contributed by atoms with Gasteiger partial charge in [0, 0.05) is 30.9 Å². The number of hydrogen-bond acceptors (Lipinski definition) is 7. The lowest BCUT2D eigenvalue weighted by Gasteiger charge is -2.22. The molecule has 1 N–H and O–H groups in total. The molecule has 1 saturated heterocycles. The number of fused-ring (bicyclic) bond motifs is 1. The average molecular weight is 472 g/mol. The van der Waals surface area contributed by atoms with Gasteiger partial charge in [-0.3, -0.25) is 0 Å². The first-order valence-corrected chi connectivity index (χ1v) is 10.6. The van der Waals surface area contributed by atoms with Crippen molar-refractivity contribution in [1.82, 2.24) is 24.9 Å². The molecule has 0 aliphatic carbocycles. The third-order valence-electron chi connectivity index (χ3n) is 5.36. The highest BCUT2D eigenvalue weighted by atomic mass is 35.5. The van der Waals surface area contributed by atoms with Gasteiger partial charge < -0.3 is 10.2 Å². The fraction of sp³-hybridized carbons (Fsp3) is 0.227. The zero-order valence-corrected chi connectivity index (χ0v) is 17.9. The van der Waals surface area contributed by atoms with E-state index in [0.717, 1.165) is 18.9 Å². The second-order valence-electron chi connectivity index (χ2n) is 7.53. The fourth-order valence-electron chi connectivity index (χ4n) is 3.82. The summed E-state index contributed by atoms with van der Waals surface area (Å²) >= 11 is 6.17. The van der Waals surface area contributed by atoms with Crippen LogP contribution in [0.15, 0.2) is 49.1 Å². The van der Waals surface area contributed by atoms with E-state index in [0.29, 0.717) is 52.0 Å². The van der Waals surface area contributed by atoms with Crippen LogP contribution < -0.4 is 10.2 Å². The van der Waals surface area contributed by atoms with Crippen molar-refractivity contribution in [2.24, 2.45) is 0 Å². The molecule has 0 bridgehead atoms. The van der Waals surface area contributed by atoms with Crippen molar-refractivity contribution >= 4 is 40.0 Å². The molecule has 4 aromatic heterocycles. The van der Waals surface area contributed by atoms with Gasteiger partial charge in [-0.2, -0.15) is 13.2 Å². The number of aromatic nitrogens is 5. The van der Waals surface area contributed by atoms with Crippen molar-refractivity contribution in [1.29, 1.82) is 0 Å². The summed E-state index contributed by atoms with van der Waals surface area (Å²) in [5.74, 6) is 0.252. The monoisotopic (exact) mass is 471 g/mol. The molecule has 0 unspecified atom stereocenters. The van der Waals surface area contributed by atoms with Gasteiger partial charge in [0.1, 0.15) is 23.7 Å². The molecule has 168 valence electrons. The van der Waals surface area contributed by atoms with Crippen LogP contribution in [0.25, 0.3) is 22.4 Å². The Balaban J connectivity index is 1.51. The lowest BCUT2D eigenvalue weighted by atomic mass is 10.2. The summed E-state index contributed by atoms with van der Waals surface area (Å²) in [6.07, 6.45) is 1.64. The summed E-state index contributed by atoms with van der Waals surface area (Å²) in [4.78, 5) is 22.9. The summed E-state index contributed by atoms with van der Waals surface area (Å²) in [5.41, 5.74) is 1.32. The van der Waals surface area contributed by atoms with Gasteiger partial charge >= 0.3 is 6.18 Å². The van der Waals surface area contributed by atoms with Gasteiger partial charge in [-0.15, -0.1) is 0 Å². The van der Waals surface area contributed by atoms with Crippen LogP contribution in [0.1, 0.15) is 18.4 Å². The number of alkyl halides is 3. The molecule has 1 aliphatic heterocycles. The van der Waals surface area contributed by atoms with E-state index in [-0.39, 0.29) is 5.82 Å². The molecule has 1 aliphatic rings. The lowest BCUT2D eigenvalue weighted by Crippen LogP contribution is -2.23.